The van der Waals surface area contributed by atoms with Crippen LogP contribution in [0.15, 0.2) is 66.9 Å². The molecule has 33 heavy (non-hydrogen) atoms. The number of hydrogen-bond donors (Lipinski definition) is 2. The first-order chi connectivity index (χ1) is 15.6. The fraction of sp³-hybridized carbons (Fsp3) is 0.208. The standard InChI is InChI=1S/C24H20F4N2O3/c25-20(9-6-15-4-7-17(8-5-15)23(32)33)18-10-11-29-21(13-18)22(31)30-14-16-2-1-3-19(12-16)24(26,27)28/h1-5,7-8,10-13,20H,6,9,14H2,(H,30,31)(H,32,33). The Bertz CT molecular complexity index is 1130. The van der Waals surface area contributed by atoms with Crippen LogP contribution in [-0.4, -0.2) is 22.0 Å². The number of carbonyl (C=O) groups excluding carboxylic acids is 1. The van der Waals surface area contributed by atoms with E-state index in [0.717, 1.165) is 17.7 Å². The number of nitrogens with zero attached hydrogens (tertiary/aromatic N) is 1. The average Bonchev–Trinajstić information content (AvgIpc) is 2.81. The molecule has 0 radical (unpaired) electrons. The number of aromatic carboxylic acids is 1. The maximum Gasteiger partial charge on any atom is 0.416 e. The molecular weight excluding hydrogens is 440 g/mol. The van der Waals surface area contributed by atoms with Gasteiger partial charge in [-0.25, -0.2) is 9.18 Å². The van der Waals surface area contributed by atoms with Gasteiger partial charge in [-0.3, -0.25) is 9.78 Å². The third-order valence-electron chi connectivity index (χ3n) is 4.97. The largest absolute Gasteiger partial charge is 0.478 e. The summed E-state index contributed by atoms with van der Waals surface area (Å²) in [5, 5.41) is 11.4. The molecule has 2 N–H and O–H groups in total. The second-order valence-corrected chi connectivity index (χ2v) is 7.36. The van der Waals surface area contributed by atoms with Crippen molar-refractivity contribution in [1.82, 2.24) is 10.3 Å². The van der Waals surface area contributed by atoms with Gasteiger partial charge in [0.25, 0.3) is 5.91 Å². The number of aromatic nitrogens is 1. The molecule has 0 aliphatic heterocycles. The number of rotatable bonds is 8. The van der Waals surface area contributed by atoms with Crippen LogP contribution < -0.4 is 5.32 Å². The third kappa shape index (κ3) is 6.61. The van der Waals surface area contributed by atoms with Crippen molar-refractivity contribution in [3.8, 4) is 0 Å². The maximum atomic E-state index is 14.7. The zero-order valence-electron chi connectivity index (χ0n) is 17.3. The van der Waals surface area contributed by atoms with E-state index in [1.54, 1.807) is 12.1 Å². The molecule has 1 unspecified atom stereocenters. The number of aryl methyl sites for hydroxylation is 1. The van der Waals surface area contributed by atoms with Crippen molar-refractivity contribution in [3.63, 3.8) is 0 Å². The quantitative estimate of drug-likeness (QED) is 0.443. The van der Waals surface area contributed by atoms with Crippen LogP contribution in [0.3, 0.4) is 0 Å². The first-order valence-corrected chi connectivity index (χ1v) is 10.00. The molecule has 3 aromatic rings. The monoisotopic (exact) mass is 460 g/mol. The number of amides is 1. The number of pyridine rings is 1. The van der Waals surface area contributed by atoms with Crippen molar-refractivity contribution in [2.45, 2.75) is 31.7 Å². The summed E-state index contributed by atoms with van der Waals surface area (Å²) in [5.41, 5.74) is 0.574. The molecule has 0 spiro atoms. The fourth-order valence-electron chi connectivity index (χ4n) is 3.17. The Morgan fingerprint density at radius 1 is 1.00 bits per heavy atom. The highest BCUT2D eigenvalue weighted by molar-refractivity contribution is 5.92. The zero-order valence-corrected chi connectivity index (χ0v) is 17.3. The van der Waals surface area contributed by atoms with Gasteiger partial charge in [-0.2, -0.15) is 13.2 Å². The van der Waals surface area contributed by atoms with Crippen LogP contribution in [0, 0.1) is 0 Å². The number of nitrogens with one attached hydrogen (secondary N) is 1. The van der Waals surface area contributed by atoms with E-state index in [4.69, 9.17) is 5.11 Å². The second-order valence-electron chi connectivity index (χ2n) is 7.36. The molecule has 3 rings (SSSR count). The van der Waals surface area contributed by atoms with Gasteiger partial charge in [0.15, 0.2) is 0 Å². The molecule has 0 aliphatic carbocycles. The Morgan fingerprint density at radius 3 is 2.39 bits per heavy atom. The lowest BCUT2D eigenvalue weighted by molar-refractivity contribution is -0.137. The summed E-state index contributed by atoms with van der Waals surface area (Å²) < 4.78 is 53.2. The summed E-state index contributed by atoms with van der Waals surface area (Å²) in [4.78, 5) is 27.2. The lowest BCUT2D eigenvalue weighted by Gasteiger charge is -2.11. The number of halogens is 4. The maximum absolute atomic E-state index is 14.7. The average molecular weight is 460 g/mol. The van der Waals surface area contributed by atoms with Crippen LogP contribution in [0.25, 0.3) is 0 Å². The topological polar surface area (TPSA) is 79.3 Å². The molecule has 1 atom stereocenters. The van der Waals surface area contributed by atoms with Crippen molar-refractivity contribution >= 4 is 11.9 Å². The molecular formula is C24H20F4N2O3. The molecule has 0 fully saturated rings. The van der Waals surface area contributed by atoms with E-state index < -0.39 is 29.8 Å². The van der Waals surface area contributed by atoms with Gasteiger partial charge in [-0.05, 0) is 65.9 Å². The van der Waals surface area contributed by atoms with E-state index in [-0.39, 0.29) is 35.3 Å². The van der Waals surface area contributed by atoms with Crippen molar-refractivity contribution in [2.75, 3.05) is 0 Å². The van der Waals surface area contributed by atoms with Crippen LogP contribution >= 0.6 is 0 Å². The lowest BCUT2D eigenvalue weighted by Crippen LogP contribution is -2.24. The Labute approximate surface area is 187 Å². The van der Waals surface area contributed by atoms with Gasteiger partial charge in [0.2, 0.25) is 0 Å². The summed E-state index contributed by atoms with van der Waals surface area (Å²) in [5.74, 6) is -1.67. The van der Waals surface area contributed by atoms with Crippen molar-refractivity contribution in [2.24, 2.45) is 0 Å². The van der Waals surface area contributed by atoms with Gasteiger partial charge < -0.3 is 10.4 Å². The van der Waals surface area contributed by atoms with E-state index in [0.29, 0.717) is 6.42 Å². The van der Waals surface area contributed by atoms with Crippen LogP contribution in [0.2, 0.25) is 0 Å². The normalized spacial score (nSPS) is 12.2. The van der Waals surface area contributed by atoms with Gasteiger partial charge in [-0.1, -0.05) is 24.3 Å². The molecule has 0 saturated carbocycles. The number of alkyl halides is 4. The van der Waals surface area contributed by atoms with Crippen molar-refractivity contribution in [1.29, 1.82) is 0 Å². The molecule has 1 aromatic heterocycles. The van der Waals surface area contributed by atoms with E-state index in [1.165, 1.54) is 42.6 Å². The molecule has 9 heteroatoms. The first kappa shape index (κ1) is 23.9. The van der Waals surface area contributed by atoms with Gasteiger partial charge in [-0.15, -0.1) is 0 Å². The summed E-state index contributed by atoms with van der Waals surface area (Å²) in [6, 6.07) is 13.5. The fourth-order valence-corrected chi connectivity index (χ4v) is 3.17. The van der Waals surface area contributed by atoms with Crippen LogP contribution in [0.5, 0.6) is 0 Å². The molecule has 5 nitrogen and oxygen atoms in total. The van der Waals surface area contributed by atoms with Gasteiger partial charge >= 0.3 is 12.1 Å². The molecule has 0 bridgehead atoms. The third-order valence-corrected chi connectivity index (χ3v) is 4.97. The molecule has 0 aliphatic rings. The molecule has 1 heterocycles. The smallest absolute Gasteiger partial charge is 0.416 e. The SMILES string of the molecule is O=C(O)c1ccc(CCC(F)c2ccnc(C(=O)NCc3cccc(C(F)(F)F)c3)c2)cc1. The van der Waals surface area contributed by atoms with E-state index in [1.807, 2.05) is 0 Å². The zero-order chi connectivity index (χ0) is 24.0. The number of carboxylic acid groups (broad SMARTS) is 1. The van der Waals surface area contributed by atoms with Crippen molar-refractivity contribution in [3.05, 3.63) is 100 Å². The number of carboxylic acids is 1. The first-order valence-electron chi connectivity index (χ1n) is 10.00. The van der Waals surface area contributed by atoms with E-state index in [2.05, 4.69) is 10.3 Å². The van der Waals surface area contributed by atoms with Crippen LogP contribution in [-0.2, 0) is 19.1 Å². The highest BCUT2D eigenvalue weighted by Gasteiger charge is 2.30. The second kappa shape index (κ2) is 10.2. The number of hydrogen-bond acceptors (Lipinski definition) is 3. The van der Waals surface area contributed by atoms with Crippen molar-refractivity contribution < 1.29 is 32.3 Å². The predicted octanol–water partition coefficient (Wildman–Crippen LogP) is 5.37. The minimum atomic E-state index is -4.48. The molecule has 1 amide bonds. The minimum absolute atomic E-state index is 0.0482. The minimum Gasteiger partial charge on any atom is -0.478 e. The highest BCUT2D eigenvalue weighted by Crippen LogP contribution is 2.29. The Hall–Kier alpha value is -3.75. The molecule has 2 aromatic carbocycles. The molecule has 0 saturated heterocycles. The summed E-state index contributed by atoms with van der Waals surface area (Å²) in [6.07, 6.45) is -4.10. The Balaban J connectivity index is 1.59. The number of benzene rings is 2. The summed E-state index contributed by atoms with van der Waals surface area (Å²) >= 11 is 0. The highest BCUT2D eigenvalue weighted by atomic mass is 19.4. The van der Waals surface area contributed by atoms with Gasteiger partial charge in [0.05, 0.1) is 11.1 Å². The van der Waals surface area contributed by atoms with E-state index >= 15 is 0 Å². The summed E-state index contributed by atoms with van der Waals surface area (Å²) in [7, 11) is 0. The molecule has 172 valence electrons. The Morgan fingerprint density at radius 2 is 1.73 bits per heavy atom. The van der Waals surface area contributed by atoms with Crippen LogP contribution in [0.4, 0.5) is 17.6 Å². The van der Waals surface area contributed by atoms with E-state index in [9.17, 15) is 27.2 Å². The Kier molecular flexibility index (Phi) is 7.42. The van der Waals surface area contributed by atoms with Crippen LogP contribution in [0.1, 0.15) is 55.7 Å². The predicted molar refractivity (Wildman–Crippen MR) is 112 cm³/mol. The number of carbonyl (C=O) groups is 2. The van der Waals surface area contributed by atoms with Gasteiger partial charge in [0.1, 0.15) is 11.9 Å². The summed E-state index contributed by atoms with van der Waals surface area (Å²) in [6.45, 7) is -0.139. The van der Waals surface area contributed by atoms with Gasteiger partial charge in [0, 0.05) is 12.7 Å². The lowest BCUT2D eigenvalue weighted by atomic mass is 10.0.